The van der Waals surface area contributed by atoms with E-state index in [1.165, 1.54) is 30.6 Å². The normalized spacial score (nSPS) is 16.0. The Morgan fingerprint density at radius 3 is 2.61 bits per heavy atom. The highest BCUT2D eigenvalue weighted by Crippen LogP contribution is 2.36. The van der Waals surface area contributed by atoms with Crippen molar-refractivity contribution in [2.24, 2.45) is 0 Å². The summed E-state index contributed by atoms with van der Waals surface area (Å²) in [5.41, 5.74) is 1.40. The van der Waals surface area contributed by atoms with Gasteiger partial charge in [-0.2, -0.15) is 0 Å². The van der Waals surface area contributed by atoms with Crippen LogP contribution in [0, 0.1) is 0 Å². The molecule has 0 bridgehead atoms. The second kappa shape index (κ2) is 6.86. The lowest BCUT2D eigenvalue weighted by Gasteiger charge is -2.18. The van der Waals surface area contributed by atoms with Crippen LogP contribution in [0.2, 0.25) is 0 Å². The SMILES string of the molecule is O=S(=O)(Nc1nnc(C2CCCCC2)s1)c1ccc2oc3ccccc3c2c1. The van der Waals surface area contributed by atoms with Crippen molar-refractivity contribution in [3.63, 3.8) is 0 Å². The van der Waals surface area contributed by atoms with Gasteiger partial charge in [-0.3, -0.25) is 4.72 Å². The average Bonchev–Trinajstić information content (AvgIpc) is 3.32. The summed E-state index contributed by atoms with van der Waals surface area (Å²) >= 11 is 1.34. The maximum Gasteiger partial charge on any atom is 0.263 e. The van der Waals surface area contributed by atoms with Crippen molar-refractivity contribution < 1.29 is 12.8 Å². The van der Waals surface area contributed by atoms with Gasteiger partial charge in [-0.25, -0.2) is 8.42 Å². The van der Waals surface area contributed by atoms with Crippen LogP contribution >= 0.6 is 11.3 Å². The quantitative estimate of drug-likeness (QED) is 0.491. The molecule has 144 valence electrons. The average molecular weight is 414 g/mol. The van der Waals surface area contributed by atoms with Crippen LogP contribution < -0.4 is 4.72 Å². The van der Waals surface area contributed by atoms with Crippen LogP contribution in [-0.4, -0.2) is 18.6 Å². The lowest BCUT2D eigenvalue weighted by molar-refractivity contribution is 0.440. The molecule has 2 heterocycles. The fourth-order valence-corrected chi connectivity index (χ4v) is 6.00. The Labute approximate surface area is 166 Å². The topological polar surface area (TPSA) is 85.1 Å². The van der Waals surface area contributed by atoms with Crippen molar-refractivity contribution in [3.05, 3.63) is 47.5 Å². The summed E-state index contributed by atoms with van der Waals surface area (Å²) in [7, 11) is -3.75. The van der Waals surface area contributed by atoms with Crippen LogP contribution in [-0.2, 0) is 10.0 Å². The van der Waals surface area contributed by atoms with Crippen LogP contribution in [0.15, 0.2) is 51.8 Å². The molecule has 1 aliphatic carbocycles. The molecule has 1 saturated carbocycles. The number of rotatable bonds is 4. The maximum atomic E-state index is 12.9. The van der Waals surface area contributed by atoms with E-state index in [4.69, 9.17) is 4.42 Å². The molecule has 0 radical (unpaired) electrons. The first kappa shape index (κ1) is 17.6. The minimum absolute atomic E-state index is 0.181. The van der Waals surface area contributed by atoms with Crippen molar-refractivity contribution >= 4 is 48.4 Å². The van der Waals surface area contributed by atoms with E-state index in [0.717, 1.165) is 34.2 Å². The van der Waals surface area contributed by atoms with E-state index in [9.17, 15) is 8.42 Å². The molecule has 1 aliphatic rings. The Balaban J connectivity index is 1.45. The monoisotopic (exact) mass is 413 g/mol. The first-order valence-corrected chi connectivity index (χ1v) is 11.7. The van der Waals surface area contributed by atoms with Crippen molar-refractivity contribution in [2.75, 3.05) is 4.72 Å². The summed E-state index contributed by atoms with van der Waals surface area (Å²) in [6.07, 6.45) is 5.87. The van der Waals surface area contributed by atoms with Gasteiger partial charge in [-0.1, -0.05) is 48.8 Å². The number of benzene rings is 2. The molecule has 6 nitrogen and oxygen atoms in total. The van der Waals surface area contributed by atoms with Crippen molar-refractivity contribution in [3.8, 4) is 0 Å². The van der Waals surface area contributed by atoms with E-state index in [-0.39, 0.29) is 4.90 Å². The predicted molar refractivity (Wildman–Crippen MR) is 110 cm³/mol. The van der Waals surface area contributed by atoms with Crippen molar-refractivity contribution in [1.82, 2.24) is 10.2 Å². The summed E-state index contributed by atoms with van der Waals surface area (Å²) in [4.78, 5) is 0.181. The Kier molecular flexibility index (Phi) is 4.32. The lowest BCUT2D eigenvalue weighted by atomic mass is 9.90. The zero-order valence-electron chi connectivity index (χ0n) is 15.1. The van der Waals surface area contributed by atoms with Crippen LogP contribution in [0.25, 0.3) is 21.9 Å². The third-order valence-electron chi connectivity index (χ3n) is 5.28. The lowest BCUT2D eigenvalue weighted by Crippen LogP contribution is -2.12. The molecule has 5 rings (SSSR count). The van der Waals surface area contributed by atoms with Crippen molar-refractivity contribution in [2.45, 2.75) is 42.9 Å². The third kappa shape index (κ3) is 3.16. The maximum absolute atomic E-state index is 12.9. The molecule has 2 aromatic heterocycles. The molecule has 28 heavy (non-hydrogen) atoms. The minimum atomic E-state index is -3.75. The number of fused-ring (bicyclic) bond motifs is 3. The second-order valence-corrected chi connectivity index (χ2v) is 9.83. The summed E-state index contributed by atoms with van der Waals surface area (Å²) < 4.78 is 34.1. The first-order valence-electron chi connectivity index (χ1n) is 9.38. The zero-order chi connectivity index (χ0) is 19.1. The number of anilines is 1. The fraction of sp³-hybridized carbons (Fsp3) is 0.300. The van der Waals surface area contributed by atoms with E-state index in [2.05, 4.69) is 14.9 Å². The van der Waals surface area contributed by atoms with Crippen LogP contribution in [0.4, 0.5) is 5.13 Å². The van der Waals surface area contributed by atoms with Crippen LogP contribution in [0.1, 0.15) is 43.0 Å². The van der Waals surface area contributed by atoms with Gasteiger partial charge in [0.25, 0.3) is 10.0 Å². The number of furan rings is 1. The first-order chi connectivity index (χ1) is 13.6. The smallest absolute Gasteiger partial charge is 0.263 e. The highest BCUT2D eigenvalue weighted by atomic mass is 32.2. The van der Waals surface area contributed by atoms with E-state index < -0.39 is 10.0 Å². The number of hydrogen-bond acceptors (Lipinski definition) is 6. The van der Waals surface area contributed by atoms with Gasteiger partial charge in [-0.05, 0) is 37.1 Å². The molecule has 0 aliphatic heterocycles. The fourth-order valence-electron chi connectivity index (χ4n) is 3.84. The number of nitrogens with zero attached hydrogens (tertiary/aromatic N) is 2. The molecule has 1 N–H and O–H groups in total. The van der Waals surface area contributed by atoms with Gasteiger partial charge < -0.3 is 4.42 Å². The molecule has 1 fully saturated rings. The molecule has 0 amide bonds. The number of hydrogen-bond donors (Lipinski definition) is 1. The van der Waals surface area contributed by atoms with Gasteiger partial charge >= 0.3 is 0 Å². The largest absolute Gasteiger partial charge is 0.456 e. The van der Waals surface area contributed by atoms with Gasteiger partial charge in [0.1, 0.15) is 16.2 Å². The molecule has 0 unspecified atom stereocenters. The Bertz CT molecular complexity index is 1250. The number of sulfonamides is 1. The minimum Gasteiger partial charge on any atom is -0.456 e. The molecular weight excluding hydrogens is 394 g/mol. The summed E-state index contributed by atoms with van der Waals surface area (Å²) in [6.45, 7) is 0. The van der Waals surface area contributed by atoms with E-state index in [0.29, 0.717) is 16.6 Å². The molecule has 8 heteroatoms. The summed E-state index contributed by atoms with van der Waals surface area (Å²) in [5, 5.41) is 11.2. The number of aromatic nitrogens is 2. The zero-order valence-corrected chi connectivity index (χ0v) is 16.7. The molecule has 0 saturated heterocycles. The molecule has 4 aromatic rings. The number of para-hydroxylation sites is 1. The summed E-state index contributed by atoms with van der Waals surface area (Å²) in [6, 6.07) is 12.5. The Hall–Kier alpha value is -2.45. The van der Waals surface area contributed by atoms with Crippen LogP contribution in [0.3, 0.4) is 0 Å². The van der Waals surface area contributed by atoms with E-state index in [1.807, 2.05) is 24.3 Å². The third-order valence-corrected chi connectivity index (χ3v) is 7.74. The van der Waals surface area contributed by atoms with Gasteiger partial charge in [0.15, 0.2) is 0 Å². The van der Waals surface area contributed by atoms with Crippen LogP contribution in [0.5, 0.6) is 0 Å². The highest BCUT2D eigenvalue weighted by Gasteiger charge is 2.22. The molecular formula is C20H19N3O3S2. The second-order valence-electron chi connectivity index (χ2n) is 7.14. The predicted octanol–water partition coefficient (Wildman–Crippen LogP) is 5.29. The Morgan fingerprint density at radius 2 is 1.75 bits per heavy atom. The van der Waals surface area contributed by atoms with E-state index >= 15 is 0 Å². The number of nitrogens with one attached hydrogen (secondary N) is 1. The van der Waals surface area contributed by atoms with Crippen molar-refractivity contribution in [1.29, 1.82) is 0 Å². The molecule has 0 atom stereocenters. The van der Waals surface area contributed by atoms with Gasteiger partial charge in [0.2, 0.25) is 5.13 Å². The van der Waals surface area contributed by atoms with E-state index in [1.54, 1.807) is 18.2 Å². The van der Waals surface area contributed by atoms with Gasteiger partial charge in [-0.15, -0.1) is 10.2 Å². The highest BCUT2D eigenvalue weighted by molar-refractivity contribution is 7.93. The standard InChI is InChI=1S/C20H19N3O3S2/c24-28(25,23-20-22-21-19(27-20)13-6-2-1-3-7-13)14-10-11-18-16(12-14)15-8-4-5-9-17(15)26-18/h4-5,8-13H,1-3,6-7H2,(H,22,23). The molecule has 2 aromatic carbocycles. The summed E-state index contributed by atoms with van der Waals surface area (Å²) in [5.74, 6) is 0.401. The van der Waals surface area contributed by atoms with Gasteiger partial charge in [0.05, 0.1) is 4.90 Å². The van der Waals surface area contributed by atoms with Gasteiger partial charge in [0, 0.05) is 16.7 Å². The Morgan fingerprint density at radius 1 is 0.964 bits per heavy atom. The molecule has 0 spiro atoms.